The minimum Gasteiger partial charge on any atom is -0.477 e. The first kappa shape index (κ1) is 25.5. The second kappa shape index (κ2) is 9.02. The summed E-state index contributed by atoms with van der Waals surface area (Å²) in [6.45, 7) is 5.37. The molecule has 1 saturated carbocycles. The van der Waals surface area contributed by atoms with Crippen molar-refractivity contribution in [2.24, 2.45) is 0 Å². The molecule has 0 bridgehead atoms. The molecule has 1 amide bonds. The molecule has 196 valence electrons. The molecule has 2 heterocycles. The van der Waals surface area contributed by atoms with Crippen molar-refractivity contribution in [2.75, 3.05) is 5.73 Å². The van der Waals surface area contributed by atoms with Gasteiger partial charge < -0.3 is 25.5 Å². The number of carboxylic acids is 1. The number of aromatic carboxylic acids is 1. The largest absolute Gasteiger partial charge is 0.477 e. The van der Waals surface area contributed by atoms with Gasteiger partial charge in [0.05, 0.1) is 33.2 Å². The van der Waals surface area contributed by atoms with E-state index < -0.39 is 34.5 Å². The van der Waals surface area contributed by atoms with E-state index in [0.717, 1.165) is 36.1 Å². The summed E-state index contributed by atoms with van der Waals surface area (Å²) >= 11 is 7.89. The van der Waals surface area contributed by atoms with Crippen LogP contribution in [0.1, 0.15) is 79.3 Å². The van der Waals surface area contributed by atoms with Crippen molar-refractivity contribution >= 4 is 51.6 Å². The normalized spacial score (nSPS) is 17.5. The zero-order chi connectivity index (χ0) is 26.8. The van der Waals surface area contributed by atoms with Crippen molar-refractivity contribution in [3.05, 3.63) is 49.3 Å². The first-order valence-electron chi connectivity index (χ1n) is 12.1. The van der Waals surface area contributed by atoms with Gasteiger partial charge in [-0.05, 0) is 64.5 Å². The molecule has 5 rings (SSSR count). The Morgan fingerprint density at radius 3 is 2.62 bits per heavy atom. The van der Waals surface area contributed by atoms with Gasteiger partial charge >= 0.3 is 12.1 Å². The van der Waals surface area contributed by atoms with E-state index in [1.54, 1.807) is 20.8 Å². The average molecular weight is 548 g/mol. The molecule has 1 unspecified atom stereocenters. The minimum absolute atomic E-state index is 0.0378. The number of hydrogen-bond donors (Lipinski definition) is 3. The van der Waals surface area contributed by atoms with Gasteiger partial charge in [0.2, 0.25) is 5.43 Å². The Labute approximate surface area is 221 Å². The van der Waals surface area contributed by atoms with Crippen molar-refractivity contribution in [1.82, 2.24) is 9.88 Å². The molecule has 2 aliphatic rings. The van der Waals surface area contributed by atoms with Crippen LogP contribution in [0.2, 0.25) is 5.02 Å². The van der Waals surface area contributed by atoms with E-state index in [1.807, 2.05) is 6.07 Å². The SMILES string of the molecule is CC(C)(C)OC(=O)NC1CCCc2cc(-c3c(Cl)c(N)c4c(=O)c(C(=O)O)cn(C5CC5)c4c3F)sc21. The quantitative estimate of drug-likeness (QED) is 0.342. The van der Waals surface area contributed by atoms with Crippen LogP contribution < -0.4 is 16.5 Å². The maximum atomic E-state index is 16.3. The topological polar surface area (TPSA) is 124 Å². The fourth-order valence-electron chi connectivity index (χ4n) is 4.85. The highest BCUT2D eigenvalue weighted by Gasteiger charge is 2.33. The van der Waals surface area contributed by atoms with Crippen LogP contribution in [0.4, 0.5) is 14.9 Å². The van der Waals surface area contributed by atoms with Crippen LogP contribution in [0.5, 0.6) is 0 Å². The molecule has 0 saturated heterocycles. The number of nitrogens with two attached hydrogens (primary N) is 1. The van der Waals surface area contributed by atoms with E-state index >= 15 is 4.39 Å². The first-order chi connectivity index (χ1) is 17.4. The van der Waals surface area contributed by atoms with Crippen LogP contribution >= 0.6 is 22.9 Å². The number of alkyl carbamates (subject to hydrolysis) is 1. The molecule has 1 fully saturated rings. The Hall–Kier alpha value is -3.11. The van der Waals surface area contributed by atoms with Crippen LogP contribution in [0.15, 0.2) is 17.1 Å². The smallest absolute Gasteiger partial charge is 0.408 e. The number of nitrogen functional groups attached to an aromatic ring is 1. The molecule has 0 spiro atoms. The molecule has 1 atom stereocenters. The summed E-state index contributed by atoms with van der Waals surface area (Å²) in [5, 5.41) is 12.1. The van der Waals surface area contributed by atoms with Gasteiger partial charge in [-0.15, -0.1) is 11.3 Å². The van der Waals surface area contributed by atoms with Crippen molar-refractivity contribution in [2.45, 2.75) is 70.6 Å². The van der Waals surface area contributed by atoms with Crippen LogP contribution in [0.3, 0.4) is 0 Å². The predicted octanol–water partition coefficient (Wildman–Crippen LogP) is 6.04. The van der Waals surface area contributed by atoms with Gasteiger partial charge in [-0.25, -0.2) is 14.0 Å². The third-order valence-corrected chi connectivity index (χ3v) is 8.29. The number of aryl methyl sites for hydroxylation is 1. The van der Waals surface area contributed by atoms with Gasteiger partial charge in [-0.2, -0.15) is 0 Å². The summed E-state index contributed by atoms with van der Waals surface area (Å²) in [5.74, 6) is -2.12. The lowest BCUT2D eigenvalue weighted by atomic mass is 9.94. The molecule has 4 N–H and O–H groups in total. The van der Waals surface area contributed by atoms with Crippen LogP contribution in [-0.4, -0.2) is 27.3 Å². The molecule has 11 heteroatoms. The summed E-state index contributed by atoms with van der Waals surface area (Å²) < 4.78 is 23.2. The molecule has 0 aliphatic heterocycles. The summed E-state index contributed by atoms with van der Waals surface area (Å²) in [6.07, 6.45) is 4.45. The number of anilines is 1. The Morgan fingerprint density at radius 1 is 1.30 bits per heavy atom. The number of hydrogen-bond acceptors (Lipinski definition) is 6. The Bertz CT molecular complexity index is 1520. The zero-order valence-corrected chi connectivity index (χ0v) is 22.2. The van der Waals surface area contributed by atoms with Crippen LogP contribution in [0, 0.1) is 5.82 Å². The molecular formula is C26H27ClFN3O5S. The van der Waals surface area contributed by atoms with E-state index in [2.05, 4.69) is 5.32 Å². The molecule has 2 aromatic heterocycles. The number of carbonyl (C=O) groups is 2. The third kappa shape index (κ3) is 4.57. The van der Waals surface area contributed by atoms with Gasteiger partial charge in [0.15, 0.2) is 5.82 Å². The lowest BCUT2D eigenvalue weighted by molar-refractivity contribution is 0.0499. The molecule has 37 heavy (non-hydrogen) atoms. The van der Waals surface area contributed by atoms with Gasteiger partial charge in [0, 0.05) is 22.0 Å². The number of amides is 1. The number of benzene rings is 1. The summed E-state index contributed by atoms with van der Waals surface area (Å²) in [6, 6.07) is 1.44. The van der Waals surface area contributed by atoms with Gasteiger partial charge in [-0.3, -0.25) is 4.79 Å². The number of nitrogens with zero attached hydrogens (tertiary/aromatic N) is 1. The number of rotatable bonds is 4. The summed E-state index contributed by atoms with van der Waals surface area (Å²) in [4.78, 5) is 38.5. The lowest BCUT2D eigenvalue weighted by Crippen LogP contribution is -2.35. The van der Waals surface area contributed by atoms with E-state index in [1.165, 1.54) is 22.1 Å². The lowest BCUT2D eigenvalue weighted by Gasteiger charge is -2.26. The number of carboxylic acid groups (broad SMARTS) is 1. The fourth-order valence-corrected chi connectivity index (χ4v) is 6.52. The number of pyridine rings is 1. The first-order valence-corrected chi connectivity index (χ1v) is 13.3. The van der Waals surface area contributed by atoms with E-state index in [9.17, 15) is 19.5 Å². The van der Waals surface area contributed by atoms with Crippen molar-refractivity contribution in [3.63, 3.8) is 0 Å². The zero-order valence-electron chi connectivity index (χ0n) is 20.6. The predicted molar refractivity (Wildman–Crippen MR) is 141 cm³/mol. The minimum atomic E-state index is -1.41. The third-order valence-electron chi connectivity index (χ3n) is 6.59. The monoisotopic (exact) mass is 547 g/mol. The number of carbonyl (C=O) groups excluding carboxylic acids is 1. The molecule has 0 radical (unpaired) electrons. The number of aromatic nitrogens is 1. The Morgan fingerprint density at radius 2 is 2.00 bits per heavy atom. The van der Waals surface area contributed by atoms with E-state index in [0.29, 0.717) is 11.3 Å². The highest BCUT2D eigenvalue weighted by molar-refractivity contribution is 7.15. The van der Waals surface area contributed by atoms with Crippen LogP contribution in [0.25, 0.3) is 21.3 Å². The van der Waals surface area contributed by atoms with Crippen molar-refractivity contribution < 1.29 is 23.8 Å². The van der Waals surface area contributed by atoms with E-state index in [-0.39, 0.29) is 39.3 Å². The highest BCUT2D eigenvalue weighted by atomic mass is 35.5. The molecular weight excluding hydrogens is 521 g/mol. The number of nitrogens with one attached hydrogen (secondary N) is 1. The molecule has 2 aliphatic carbocycles. The standard InChI is InChI=1S/C26H27ClFN3O5S/c1-26(2,3)36-25(35)30-14-6-4-5-11-9-15(37-23(11)14)16-18(27)20(29)17-21(19(16)28)31(12-7-8-12)10-13(22(17)32)24(33)34/h9-10,12,14H,4-8,29H2,1-3H3,(H,30,35)(H,33,34). The second-order valence-electron chi connectivity index (χ2n) is 10.5. The van der Waals surface area contributed by atoms with Gasteiger partial charge in [0.1, 0.15) is 11.2 Å². The fraction of sp³-hybridized carbons (Fsp3) is 0.423. The number of fused-ring (bicyclic) bond motifs is 2. The molecule has 1 aromatic carbocycles. The van der Waals surface area contributed by atoms with Crippen molar-refractivity contribution in [1.29, 1.82) is 0 Å². The molecule has 3 aromatic rings. The van der Waals surface area contributed by atoms with Crippen LogP contribution in [-0.2, 0) is 11.2 Å². The highest BCUT2D eigenvalue weighted by Crippen LogP contribution is 2.48. The second-order valence-corrected chi connectivity index (χ2v) is 12.0. The number of halogens is 2. The maximum Gasteiger partial charge on any atom is 0.408 e. The van der Waals surface area contributed by atoms with E-state index in [4.69, 9.17) is 22.1 Å². The number of ether oxygens (including phenoxy) is 1. The average Bonchev–Trinajstić information content (AvgIpc) is 3.54. The van der Waals surface area contributed by atoms with Gasteiger partial charge in [-0.1, -0.05) is 11.6 Å². The maximum absolute atomic E-state index is 16.3. The number of thiophene rings is 1. The Balaban J connectivity index is 1.65. The molecule has 8 nitrogen and oxygen atoms in total. The van der Waals surface area contributed by atoms with Gasteiger partial charge in [0.25, 0.3) is 0 Å². The summed E-state index contributed by atoms with van der Waals surface area (Å²) in [5.41, 5.74) is 5.16. The Kier molecular flexibility index (Phi) is 6.23. The summed E-state index contributed by atoms with van der Waals surface area (Å²) in [7, 11) is 0. The van der Waals surface area contributed by atoms with Crippen molar-refractivity contribution in [3.8, 4) is 10.4 Å².